The monoisotopic (exact) mass is 314 g/mol. The molecule has 3 N–H and O–H groups in total. The average molecular weight is 314 g/mol. The summed E-state index contributed by atoms with van der Waals surface area (Å²) in [4.78, 5) is 29.8. The Kier molecular flexibility index (Phi) is 4.14. The van der Waals surface area contributed by atoms with Crippen LogP contribution < -0.4 is 5.56 Å². The fourth-order valence-corrected chi connectivity index (χ4v) is 3.39. The molecule has 0 bridgehead atoms. The molecule has 1 atom stereocenters. The standard InChI is InChI=1S/C17H18N2O4/c20-14-13(17(22)23)18-15(19-16(14)21)12(11-8-4-5-9-11)10-6-2-1-3-7-10/h1-3,6-7,11-12,20H,4-5,8-9H2,(H,22,23)(H,18,19,21). The lowest BCUT2D eigenvalue weighted by Gasteiger charge is -2.23. The van der Waals surface area contributed by atoms with E-state index >= 15 is 0 Å². The van der Waals surface area contributed by atoms with Gasteiger partial charge in [-0.3, -0.25) is 4.79 Å². The number of nitrogens with zero attached hydrogens (tertiary/aromatic N) is 1. The van der Waals surface area contributed by atoms with Gasteiger partial charge in [0.25, 0.3) is 5.56 Å². The van der Waals surface area contributed by atoms with Gasteiger partial charge in [-0.25, -0.2) is 9.78 Å². The first kappa shape index (κ1) is 15.3. The number of carbonyl (C=O) groups is 1. The number of aromatic carboxylic acids is 1. The molecule has 1 aliphatic rings. The molecule has 1 saturated carbocycles. The van der Waals surface area contributed by atoms with Crippen molar-refractivity contribution < 1.29 is 15.0 Å². The van der Waals surface area contributed by atoms with Gasteiger partial charge in [-0.2, -0.15) is 0 Å². The molecule has 120 valence electrons. The Hall–Kier alpha value is -2.63. The third kappa shape index (κ3) is 2.97. The van der Waals surface area contributed by atoms with Crippen molar-refractivity contribution >= 4 is 5.97 Å². The highest BCUT2D eigenvalue weighted by atomic mass is 16.4. The zero-order valence-electron chi connectivity index (χ0n) is 12.5. The molecule has 0 saturated heterocycles. The minimum Gasteiger partial charge on any atom is -0.501 e. The molecule has 0 radical (unpaired) electrons. The van der Waals surface area contributed by atoms with Gasteiger partial charge < -0.3 is 15.2 Å². The first-order valence-corrected chi connectivity index (χ1v) is 7.69. The third-order valence-corrected chi connectivity index (χ3v) is 4.44. The molecule has 6 nitrogen and oxygen atoms in total. The van der Waals surface area contributed by atoms with Gasteiger partial charge in [-0.05, 0) is 24.3 Å². The van der Waals surface area contributed by atoms with E-state index in [1.54, 1.807) is 0 Å². The van der Waals surface area contributed by atoms with E-state index in [0.29, 0.717) is 11.7 Å². The number of carboxylic acid groups (broad SMARTS) is 1. The summed E-state index contributed by atoms with van der Waals surface area (Å²) in [5, 5.41) is 18.8. The van der Waals surface area contributed by atoms with Crippen molar-refractivity contribution in [3.63, 3.8) is 0 Å². The molecular weight excluding hydrogens is 296 g/mol. The SMILES string of the molecule is O=C(O)c1nc(C(c2ccccc2)C2CCCC2)[nH]c(=O)c1O. The van der Waals surface area contributed by atoms with E-state index in [1.165, 1.54) is 0 Å². The number of carboxylic acids is 1. The van der Waals surface area contributed by atoms with E-state index in [1.807, 2.05) is 30.3 Å². The highest BCUT2D eigenvalue weighted by Gasteiger charge is 2.31. The van der Waals surface area contributed by atoms with Crippen molar-refractivity contribution in [1.29, 1.82) is 0 Å². The number of nitrogens with one attached hydrogen (secondary N) is 1. The molecule has 6 heteroatoms. The van der Waals surface area contributed by atoms with Crippen LogP contribution in [0.5, 0.6) is 5.75 Å². The van der Waals surface area contributed by atoms with Gasteiger partial charge in [-0.1, -0.05) is 43.2 Å². The average Bonchev–Trinajstić information content (AvgIpc) is 3.05. The van der Waals surface area contributed by atoms with Gasteiger partial charge in [0, 0.05) is 5.92 Å². The Labute approximate surface area is 132 Å². The molecule has 23 heavy (non-hydrogen) atoms. The summed E-state index contributed by atoms with van der Waals surface area (Å²) >= 11 is 0. The van der Waals surface area contributed by atoms with Crippen molar-refractivity contribution in [1.82, 2.24) is 9.97 Å². The number of hydrogen-bond acceptors (Lipinski definition) is 4. The van der Waals surface area contributed by atoms with Crippen LogP contribution in [0, 0.1) is 5.92 Å². The van der Waals surface area contributed by atoms with Crippen molar-refractivity contribution in [2.45, 2.75) is 31.6 Å². The van der Waals surface area contributed by atoms with Crippen LogP contribution in [0.1, 0.15) is 53.5 Å². The first-order valence-electron chi connectivity index (χ1n) is 7.69. The zero-order chi connectivity index (χ0) is 16.4. The van der Waals surface area contributed by atoms with E-state index in [4.69, 9.17) is 5.11 Å². The minimum atomic E-state index is -1.41. The summed E-state index contributed by atoms with van der Waals surface area (Å²) < 4.78 is 0. The molecule has 1 aromatic heterocycles. The zero-order valence-corrected chi connectivity index (χ0v) is 12.5. The summed E-state index contributed by atoms with van der Waals surface area (Å²) in [5.41, 5.74) is -0.418. The van der Waals surface area contributed by atoms with Crippen molar-refractivity contribution in [3.05, 3.63) is 57.8 Å². The Morgan fingerprint density at radius 2 is 1.87 bits per heavy atom. The van der Waals surface area contributed by atoms with E-state index < -0.39 is 23.0 Å². The van der Waals surface area contributed by atoms with Gasteiger partial charge >= 0.3 is 5.97 Å². The Balaban J connectivity index is 2.14. The van der Waals surface area contributed by atoms with Gasteiger partial charge in [0.2, 0.25) is 5.75 Å². The molecule has 1 heterocycles. The topological polar surface area (TPSA) is 103 Å². The molecule has 1 aliphatic carbocycles. The predicted octanol–water partition coefficient (Wildman–Crippen LogP) is 2.50. The Morgan fingerprint density at radius 3 is 2.48 bits per heavy atom. The first-order chi connectivity index (χ1) is 11.1. The molecule has 0 spiro atoms. The highest BCUT2D eigenvalue weighted by molar-refractivity contribution is 5.88. The maximum atomic E-state index is 11.9. The molecule has 3 rings (SSSR count). The van der Waals surface area contributed by atoms with Crippen LogP contribution in [-0.2, 0) is 0 Å². The predicted molar refractivity (Wildman–Crippen MR) is 83.7 cm³/mol. The summed E-state index contributed by atoms with van der Waals surface area (Å²) in [5.74, 6) is -1.83. The summed E-state index contributed by atoms with van der Waals surface area (Å²) in [6, 6.07) is 9.64. The second kappa shape index (κ2) is 6.24. The molecule has 0 aliphatic heterocycles. The largest absolute Gasteiger partial charge is 0.501 e. The third-order valence-electron chi connectivity index (χ3n) is 4.44. The fourth-order valence-electron chi connectivity index (χ4n) is 3.39. The van der Waals surface area contributed by atoms with E-state index in [-0.39, 0.29) is 5.92 Å². The molecule has 2 aromatic rings. The number of rotatable bonds is 4. The number of benzene rings is 1. The normalized spacial score (nSPS) is 16.3. The quantitative estimate of drug-likeness (QED) is 0.804. The maximum absolute atomic E-state index is 11.9. The maximum Gasteiger partial charge on any atom is 0.358 e. The second-order valence-corrected chi connectivity index (χ2v) is 5.89. The number of hydrogen-bond donors (Lipinski definition) is 3. The number of aromatic hydroxyl groups is 1. The highest BCUT2D eigenvalue weighted by Crippen LogP contribution is 2.40. The van der Waals surface area contributed by atoms with E-state index in [2.05, 4.69) is 9.97 Å². The van der Waals surface area contributed by atoms with Crippen LogP contribution in [0.25, 0.3) is 0 Å². The van der Waals surface area contributed by atoms with Crippen molar-refractivity contribution in [3.8, 4) is 5.75 Å². The number of aromatic nitrogens is 2. The Bertz CT molecular complexity index is 764. The van der Waals surface area contributed by atoms with E-state index in [9.17, 15) is 14.7 Å². The van der Waals surface area contributed by atoms with Crippen LogP contribution in [-0.4, -0.2) is 26.2 Å². The van der Waals surface area contributed by atoms with Gasteiger partial charge in [0.15, 0.2) is 5.69 Å². The lowest BCUT2D eigenvalue weighted by Crippen LogP contribution is -2.22. The minimum absolute atomic E-state index is 0.176. The number of H-pyrrole nitrogens is 1. The summed E-state index contributed by atoms with van der Waals surface area (Å²) in [6.45, 7) is 0. The molecule has 1 fully saturated rings. The van der Waals surface area contributed by atoms with Gasteiger partial charge in [0.05, 0.1) is 0 Å². The second-order valence-electron chi connectivity index (χ2n) is 5.89. The lowest BCUT2D eigenvalue weighted by molar-refractivity contribution is 0.0685. The van der Waals surface area contributed by atoms with Crippen LogP contribution >= 0.6 is 0 Å². The van der Waals surface area contributed by atoms with Crippen LogP contribution in [0.15, 0.2) is 35.1 Å². The van der Waals surface area contributed by atoms with Crippen molar-refractivity contribution in [2.75, 3.05) is 0 Å². The van der Waals surface area contributed by atoms with Gasteiger partial charge in [-0.15, -0.1) is 0 Å². The van der Waals surface area contributed by atoms with E-state index in [0.717, 1.165) is 31.2 Å². The van der Waals surface area contributed by atoms with Gasteiger partial charge in [0.1, 0.15) is 5.82 Å². The Morgan fingerprint density at radius 1 is 1.22 bits per heavy atom. The van der Waals surface area contributed by atoms with Crippen LogP contribution in [0.3, 0.4) is 0 Å². The van der Waals surface area contributed by atoms with Crippen LogP contribution in [0.4, 0.5) is 0 Å². The summed E-state index contributed by atoms with van der Waals surface area (Å²) in [6.07, 6.45) is 4.24. The van der Waals surface area contributed by atoms with Crippen LogP contribution in [0.2, 0.25) is 0 Å². The summed E-state index contributed by atoms with van der Waals surface area (Å²) in [7, 11) is 0. The smallest absolute Gasteiger partial charge is 0.358 e. The molecule has 0 amide bonds. The molecule has 1 aromatic carbocycles. The molecular formula is C17H18N2O4. The fraction of sp³-hybridized carbons (Fsp3) is 0.353. The number of aromatic amines is 1. The molecule has 1 unspecified atom stereocenters. The van der Waals surface area contributed by atoms with Crippen molar-refractivity contribution in [2.24, 2.45) is 5.92 Å². The lowest BCUT2D eigenvalue weighted by atomic mass is 9.84.